The summed E-state index contributed by atoms with van der Waals surface area (Å²) in [5, 5.41) is 0.757. The second-order valence-corrected chi connectivity index (χ2v) is 5.04. The van der Waals surface area contributed by atoms with Gasteiger partial charge in [0, 0.05) is 11.6 Å². The minimum absolute atomic E-state index is 0.581. The third kappa shape index (κ3) is 4.63. The average molecular weight is 433 g/mol. The second kappa shape index (κ2) is 6.95. The number of nitrogens with zero attached hydrogens (tertiary/aromatic N) is 2. The number of hydrogen-bond donors (Lipinski definition) is 1. The molecule has 0 bridgehead atoms. The summed E-state index contributed by atoms with van der Waals surface area (Å²) in [6, 6.07) is 7.51. The minimum Gasteiger partial charge on any atom is -0.326 e. The molecule has 2 N–H and O–H groups in total. The molecule has 0 aliphatic rings. The van der Waals surface area contributed by atoms with Crippen LogP contribution in [0.25, 0.3) is 0 Å². The monoisotopic (exact) mass is 432 g/mol. The molecule has 0 spiro atoms. The van der Waals surface area contributed by atoms with Crippen LogP contribution in [-0.2, 0) is 40.0 Å². The molecule has 0 atom stereocenters. The number of rotatable bonds is 1. The van der Waals surface area contributed by atoms with Gasteiger partial charge < -0.3 is 5.73 Å². The first-order chi connectivity index (χ1) is 8.04. The summed E-state index contributed by atoms with van der Waals surface area (Å²) in [7, 11) is 4.06. The Balaban J connectivity index is 0.000000171. The number of aromatic nitrogens is 2. The molecule has 0 saturated carbocycles. The van der Waals surface area contributed by atoms with Crippen molar-refractivity contribution >= 4 is 11.6 Å². The van der Waals surface area contributed by atoms with Crippen LogP contribution in [0.5, 0.6) is 0 Å². The van der Waals surface area contributed by atoms with Crippen LogP contribution in [0.15, 0.2) is 36.7 Å². The molecule has 3 nitrogen and oxygen atoms in total. The first kappa shape index (κ1) is 14.4. The van der Waals surface area contributed by atoms with Crippen molar-refractivity contribution in [3.8, 4) is 0 Å². The van der Waals surface area contributed by atoms with E-state index in [9.17, 15) is 0 Å². The summed E-state index contributed by atoms with van der Waals surface area (Å²) < 4.78 is 5.38. The SMILES string of the molecule is Cn1ccn(C)[c]1=[Pt].NCc1ccc(Cl)cc1. The van der Waals surface area contributed by atoms with Gasteiger partial charge in [-0.05, 0) is 17.7 Å². The van der Waals surface area contributed by atoms with Crippen molar-refractivity contribution in [1.29, 1.82) is 0 Å². The smallest absolute Gasteiger partial charge is 0.0406 e. The molecule has 0 fully saturated rings. The first-order valence-electron chi connectivity index (χ1n) is 5.12. The van der Waals surface area contributed by atoms with Gasteiger partial charge in [-0.3, -0.25) is 0 Å². The summed E-state index contributed by atoms with van der Waals surface area (Å²) in [5.74, 6) is 0. The first-order valence-corrected chi connectivity index (χ1v) is 6.64. The van der Waals surface area contributed by atoms with Crippen LogP contribution in [0.2, 0.25) is 5.02 Å². The molecule has 1 aromatic heterocycles. The molecule has 1 heterocycles. The fourth-order valence-corrected chi connectivity index (χ4v) is 1.65. The Morgan fingerprint density at radius 3 is 1.88 bits per heavy atom. The summed E-state index contributed by atoms with van der Waals surface area (Å²) in [5.41, 5.74) is 6.47. The van der Waals surface area contributed by atoms with Gasteiger partial charge in [0.15, 0.2) is 0 Å². The Bertz CT molecular complexity index is 491. The number of imidazole rings is 1. The van der Waals surface area contributed by atoms with E-state index in [1.165, 1.54) is 3.80 Å². The number of aryl methyl sites for hydroxylation is 2. The average Bonchev–Trinajstić information content (AvgIpc) is 2.62. The molecule has 5 heteroatoms. The van der Waals surface area contributed by atoms with Crippen molar-refractivity contribution in [2.45, 2.75) is 6.54 Å². The van der Waals surface area contributed by atoms with E-state index in [0.717, 1.165) is 10.6 Å². The summed E-state index contributed by atoms with van der Waals surface area (Å²) in [6.07, 6.45) is 4.06. The summed E-state index contributed by atoms with van der Waals surface area (Å²) >= 11 is 7.90. The van der Waals surface area contributed by atoms with Gasteiger partial charge in [-0.2, -0.15) is 0 Å². The van der Waals surface area contributed by atoms with Crippen molar-refractivity contribution in [2.75, 3.05) is 0 Å². The van der Waals surface area contributed by atoms with Crippen LogP contribution < -0.4 is 5.73 Å². The fraction of sp³-hybridized carbons (Fsp3) is 0.250. The zero-order chi connectivity index (χ0) is 12.8. The van der Waals surface area contributed by atoms with E-state index in [1.807, 2.05) is 50.8 Å². The van der Waals surface area contributed by atoms with Crippen LogP contribution in [0.1, 0.15) is 5.56 Å². The predicted molar refractivity (Wildman–Crippen MR) is 67.0 cm³/mol. The van der Waals surface area contributed by atoms with Gasteiger partial charge in [-0.1, -0.05) is 23.7 Å². The predicted octanol–water partition coefficient (Wildman–Crippen LogP) is 2.24. The van der Waals surface area contributed by atoms with Gasteiger partial charge >= 0.3 is 58.8 Å². The molecule has 0 unspecified atom stereocenters. The van der Waals surface area contributed by atoms with Crippen LogP contribution in [0, 0.1) is 3.80 Å². The molecule has 2 rings (SSSR count). The topological polar surface area (TPSA) is 35.9 Å². The van der Waals surface area contributed by atoms with E-state index in [-0.39, 0.29) is 0 Å². The van der Waals surface area contributed by atoms with Crippen LogP contribution in [0.3, 0.4) is 0 Å². The van der Waals surface area contributed by atoms with Crippen molar-refractivity contribution in [2.24, 2.45) is 19.8 Å². The van der Waals surface area contributed by atoms with Crippen molar-refractivity contribution < 1.29 is 19.4 Å². The van der Waals surface area contributed by atoms with Crippen molar-refractivity contribution in [3.05, 3.63) is 51.0 Å². The molecular weight excluding hydrogens is 417 g/mol. The van der Waals surface area contributed by atoms with Gasteiger partial charge in [0.2, 0.25) is 0 Å². The molecule has 0 aliphatic carbocycles. The number of halogens is 1. The molecule has 0 amide bonds. The van der Waals surface area contributed by atoms with Crippen molar-refractivity contribution in [3.63, 3.8) is 0 Å². The number of benzene rings is 1. The zero-order valence-corrected chi connectivity index (χ0v) is 12.9. The second-order valence-electron chi connectivity index (χ2n) is 3.59. The maximum atomic E-state index is 5.63. The maximum absolute atomic E-state index is 5.63. The van der Waals surface area contributed by atoms with E-state index >= 15 is 0 Å². The molecule has 1 aromatic carbocycles. The van der Waals surface area contributed by atoms with Crippen LogP contribution in [-0.4, -0.2) is 9.13 Å². The maximum Gasteiger partial charge on any atom is 0.0406 e. The van der Waals surface area contributed by atoms with E-state index in [4.69, 9.17) is 17.3 Å². The van der Waals surface area contributed by atoms with Gasteiger partial charge in [0.1, 0.15) is 0 Å². The fourth-order valence-electron chi connectivity index (χ4n) is 1.18. The Labute approximate surface area is 117 Å². The molecule has 0 radical (unpaired) electrons. The van der Waals surface area contributed by atoms with Crippen LogP contribution in [0.4, 0.5) is 0 Å². The Hall–Kier alpha value is -0.632. The van der Waals surface area contributed by atoms with Gasteiger partial charge in [0.05, 0.1) is 0 Å². The number of nitrogens with two attached hydrogens (primary N) is 1. The Kier molecular flexibility index (Phi) is 5.90. The van der Waals surface area contributed by atoms with Gasteiger partial charge in [-0.15, -0.1) is 0 Å². The Morgan fingerprint density at radius 2 is 1.59 bits per heavy atom. The molecule has 96 valence electrons. The molecule has 2 aromatic rings. The molecular formula is C12H16ClN3Pt. The van der Waals surface area contributed by atoms with Gasteiger partial charge in [0.25, 0.3) is 0 Å². The Morgan fingerprint density at radius 1 is 1.12 bits per heavy atom. The summed E-state index contributed by atoms with van der Waals surface area (Å²) in [4.78, 5) is 0. The molecule has 17 heavy (non-hydrogen) atoms. The third-order valence-corrected chi connectivity index (χ3v) is 4.06. The third-order valence-electron chi connectivity index (χ3n) is 2.20. The van der Waals surface area contributed by atoms with Gasteiger partial charge in [-0.25, -0.2) is 0 Å². The van der Waals surface area contributed by atoms with E-state index in [1.54, 1.807) is 0 Å². The van der Waals surface area contributed by atoms with E-state index < -0.39 is 0 Å². The minimum atomic E-state index is 0.581. The quantitative estimate of drug-likeness (QED) is 0.737. The van der Waals surface area contributed by atoms with E-state index in [0.29, 0.717) is 6.54 Å². The van der Waals surface area contributed by atoms with Crippen molar-refractivity contribution in [1.82, 2.24) is 9.13 Å². The molecule has 0 saturated heterocycles. The zero-order valence-electron chi connectivity index (χ0n) is 9.84. The van der Waals surface area contributed by atoms with E-state index in [2.05, 4.69) is 28.5 Å². The molecule has 0 aliphatic heterocycles. The normalized spacial score (nSPS) is 9.76. The summed E-state index contributed by atoms with van der Waals surface area (Å²) in [6.45, 7) is 0.581. The van der Waals surface area contributed by atoms with Crippen LogP contribution >= 0.6 is 11.6 Å². The number of hydrogen-bond acceptors (Lipinski definition) is 1. The standard InChI is InChI=1S/C7H8ClN.C5H8N2.Pt/c8-7-3-1-6(5-9)2-4-7;1-6-3-4-7(2)5-6;/h1-4H,5,9H2;3-4H,1-2H3;. The largest absolute Gasteiger partial charge is 0.326 e.